The van der Waals surface area contributed by atoms with Crippen LogP contribution in [-0.2, 0) is 4.79 Å². The lowest BCUT2D eigenvalue weighted by Crippen LogP contribution is -2.29. The molecule has 1 saturated carbocycles. The van der Waals surface area contributed by atoms with Crippen LogP contribution < -0.4 is 11.1 Å². The Balaban J connectivity index is 2.04. The van der Waals surface area contributed by atoms with Crippen molar-refractivity contribution in [3.8, 4) is 0 Å². The highest BCUT2D eigenvalue weighted by Gasteiger charge is 2.30. The number of halogens is 2. The summed E-state index contributed by atoms with van der Waals surface area (Å²) < 4.78 is 27.1. The van der Waals surface area contributed by atoms with Gasteiger partial charge in [0.05, 0.1) is 0 Å². The summed E-state index contributed by atoms with van der Waals surface area (Å²) in [5.41, 5.74) is 5.70. The predicted molar refractivity (Wildman–Crippen MR) is 65.0 cm³/mol. The number of amides is 1. The first-order valence-electron chi connectivity index (χ1n) is 5.99. The van der Waals surface area contributed by atoms with Crippen LogP contribution in [0.1, 0.15) is 24.8 Å². The molecule has 3 N–H and O–H groups in total. The minimum Gasteiger partial charge on any atom is -0.327 e. The van der Waals surface area contributed by atoms with E-state index in [9.17, 15) is 13.6 Å². The predicted octanol–water partition coefficient (Wildman–Crippen LogP) is 2.34. The molecule has 1 unspecified atom stereocenters. The number of hydrogen-bond donors (Lipinski definition) is 2. The van der Waals surface area contributed by atoms with Crippen LogP contribution in [0, 0.1) is 24.5 Å². The molecule has 1 atom stereocenters. The Bertz CT molecular complexity index is 472. The molecule has 0 aromatic heterocycles. The van der Waals surface area contributed by atoms with Crippen molar-refractivity contribution in [2.24, 2.45) is 11.7 Å². The Kier molecular flexibility index (Phi) is 3.61. The monoisotopic (exact) mass is 254 g/mol. The molecule has 2 rings (SSSR count). The van der Waals surface area contributed by atoms with Gasteiger partial charge in [0.15, 0.2) is 5.82 Å². The van der Waals surface area contributed by atoms with Crippen molar-refractivity contribution >= 4 is 11.6 Å². The second kappa shape index (κ2) is 5.02. The Morgan fingerprint density at radius 3 is 2.78 bits per heavy atom. The minimum atomic E-state index is -0.772. The summed E-state index contributed by atoms with van der Waals surface area (Å²) in [6.07, 6.45) is 2.15. The van der Waals surface area contributed by atoms with E-state index >= 15 is 0 Å². The van der Waals surface area contributed by atoms with Crippen LogP contribution in [0.15, 0.2) is 12.1 Å². The lowest BCUT2D eigenvalue weighted by molar-refractivity contribution is -0.116. The van der Waals surface area contributed by atoms with E-state index in [1.807, 2.05) is 0 Å². The maximum Gasteiger partial charge on any atom is 0.226 e. The molecule has 3 nitrogen and oxygen atoms in total. The highest BCUT2D eigenvalue weighted by Crippen LogP contribution is 2.33. The molecular weight excluding hydrogens is 238 g/mol. The van der Waals surface area contributed by atoms with E-state index in [1.165, 1.54) is 13.0 Å². The second-order valence-electron chi connectivity index (χ2n) is 4.81. The van der Waals surface area contributed by atoms with Gasteiger partial charge in [0, 0.05) is 12.5 Å². The van der Waals surface area contributed by atoms with Crippen LogP contribution in [0.5, 0.6) is 0 Å². The van der Waals surface area contributed by atoms with Crippen LogP contribution in [0.25, 0.3) is 0 Å². The molecular formula is C13H16F2N2O. The zero-order valence-electron chi connectivity index (χ0n) is 10.2. The van der Waals surface area contributed by atoms with Crippen LogP contribution in [0.3, 0.4) is 0 Å². The molecule has 0 bridgehead atoms. The zero-order chi connectivity index (χ0) is 13.3. The highest BCUT2D eigenvalue weighted by atomic mass is 19.1. The summed E-state index contributed by atoms with van der Waals surface area (Å²) in [6, 6.07) is 2.24. The van der Waals surface area contributed by atoms with Gasteiger partial charge in [-0.3, -0.25) is 4.79 Å². The molecule has 0 saturated heterocycles. The topological polar surface area (TPSA) is 55.1 Å². The van der Waals surface area contributed by atoms with E-state index in [1.54, 1.807) is 0 Å². The van der Waals surface area contributed by atoms with Crippen LogP contribution >= 0.6 is 0 Å². The van der Waals surface area contributed by atoms with Crippen LogP contribution in [0.4, 0.5) is 14.5 Å². The Morgan fingerprint density at radius 2 is 2.17 bits per heavy atom. The average Bonchev–Trinajstić information content (AvgIpc) is 3.13. The largest absolute Gasteiger partial charge is 0.327 e. The molecule has 5 heteroatoms. The summed E-state index contributed by atoms with van der Waals surface area (Å²) >= 11 is 0. The van der Waals surface area contributed by atoms with Crippen LogP contribution in [-0.4, -0.2) is 11.9 Å². The van der Waals surface area contributed by atoms with Crippen molar-refractivity contribution < 1.29 is 13.6 Å². The molecule has 0 heterocycles. The Hall–Kier alpha value is -1.49. The van der Waals surface area contributed by atoms with Crippen molar-refractivity contribution in [2.75, 3.05) is 5.32 Å². The third kappa shape index (κ3) is 2.85. The SMILES string of the molecule is Cc1ccc(F)c(NC(=O)CC(N)C2CC2)c1F. The maximum atomic E-state index is 13.6. The number of carbonyl (C=O) groups is 1. The van der Waals surface area contributed by atoms with Crippen molar-refractivity contribution in [3.63, 3.8) is 0 Å². The quantitative estimate of drug-likeness (QED) is 0.866. The number of hydrogen-bond acceptors (Lipinski definition) is 2. The molecule has 0 aliphatic heterocycles. The zero-order valence-corrected chi connectivity index (χ0v) is 10.2. The molecule has 0 spiro atoms. The first-order valence-corrected chi connectivity index (χ1v) is 5.99. The summed E-state index contributed by atoms with van der Waals surface area (Å²) in [4.78, 5) is 11.6. The van der Waals surface area contributed by atoms with Crippen molar-refractivity contribution in [1.29, 1.82) is 0 Å². The van der Waals surface area contributed by atoms with Crippen molar-refractivity contribution in [2.45, 2.75) is 32.2 Å². The second-order valence-corrected chi connectivity index (χ2v) is 4.81. The van der Waals surface area contributed by atoms with Crippen molar-refractivity contribution in [1.82, 2.24) is 0 Å². The van der Waals surface area contributed by atoms with Gasteiger partial charge in [0.25, 0.3) is 0 Å². The fourth-order valence-electron chi connectivity index (χ4n) is 1.87. The number of benzene rings is 1. The number of nitrogens with two attached hydrogens (primary N) is 1. The van der Waals surface area contributed by atoms with Gasteiger partial charge in [-0.2, -0.15) is 0 Å². The number of carbonyl (C=O) groups excluding carboxylic acids is 1. The fourth-order valence-corrected chi connectivity index (χ4v) is 1.87. The fraction of sp³-hybridized carbons (Fsp3) is 0.462. The third-order valence-corrected chi connectivity index (χ3v) is 3.20. The number of nitrogens with one attached hydrogen (secondary N) is 1. The van der Waals surface area contributed by atoms with E-state index in [0.29, 0.717) is 5.92 Å². The number of aryl methyl sites for hydroxylation is 1. The van der Waals surface area contributed by atoms with Gasteiger partial charge >= 0.3 is 0 Å². The van der Waals surface area contributed by atoms with Gasteiger partial charge in [-0.15, -0.1) is 0 Å². The van der Waals surface area contributed by atoms with Crippen LogP contribution in [0.2, 0.25) is 0 Å². The smallest absolute Gasteiger partial charge is 0.226 e. The lowest BCUT2D eigenvalue weighted by atomic mass is 10.1. The summed E-state index contributed by atoms with van der Waals surface area (Å²) in [7, 11) is 0. The standard InChI is InChI=1S/C13H16F2N2O/c1-7-2-5-9(14)13(12(7)15)17-11(18)6-10(16)8-3-4-8/h2,5,8,10H,3-4,6,16H2,1H3,(H,17,18). The lowest BCUT2D eigenvalue weighted by Gasteiger charge is -2.12. The third-order valence-electron chi connectivity index (χ3n) is 3.20. The first-order chi connectivity index (χ1) is 8.49. The van der Waals surface area contributed by atoms with E-state index in [4.69, 9.17) is 5.73 Å². The number of anilines is 1. The molecule has 0 radical (unpaired) electrons. The summed E-state index contributed by atoms with van der Waals surface area (Å²) in [5.74, 6) is -1.57. The number of rotatable bonds is 4. The van der Waals surface area contributed by atoms with Crippen molar-refractivity contribution in [3.05, 3.63) is 29.3 Å². The van der Waals surface area contributed by atoms with Gasteiger partial charge in [-0.25, -0.2) is 8.78 Å². The molecule has 1 aromatic rings. The van der Waals surface area contributed by atoms with E-state index in [-0.39, 0.29) is 23.7 Å². The summed E-state index contributed by atoms with van der Waals surface area (Å²) in [6.45, 7) is 1.51. The molecule has 1 amide bonds. The van der Waals surface area contributed by atoms with Gasteiger partial charge in [0.2, 0.25) is 5.91 Å². The maximum absolute atomic E-state index is 13.6. The summed E-state index contributed by atoms with van der Waals surface area (Å²) in [5, 5.41) is 2.26. The first kappa shape index (κ1) is 13.0. The average molecular weight is 254 g/mol. The molecule has 1 fully saturated rings. The van der Waals surface area contributed by atoms with E-state index in [0.717, 1.165) is 18.9 Å². The van der Waals surface area contributed by atoms with Gasteiger partial charge in [-0.1, -0.05) is 6.07 Å². The Morgan fingerprint density at radius 1 is 1.50 bits per heavy atom. The highest BCUT2D eigenvalue weighted by molar-refractivity contribution is 5.91. The Labute approximate surface area is 104 Å². The molecule has 18 heavy (non-hydrogen) atoms. The molecule has 1 aliphatic carbocycles. The molecule has 1 aromatic carbocycles. The van der Waals surface area contributed by atoms with Gasteiger partial charge < -0.3 is 11.1 Å². The molecule has 1 aliphatic rings. The molecule has 98 valence electrons. The van der Waals surface area contributed by atoms with E-state index in [2.05, 4.69) is 5.32 Å². The van der Waals surface area contributed by atoms with Gasteiger partial charge in [0.1, 0.15) is 11.5 Å². The van der Waals surface area contributed by atoms with Gasteiger partial charge in [-0.05, 0) is 37.3 Å². The normalized spacial score (nSPS) is 16.4. The van der Waals surface area contributed by atoms with E-state index < -0.39 is 17.5 Å². The minimum absolute atomic E-state index is 0.0947.